The summed E-state index contributed by atoms with van der Waals surface area (Å²) >= 11 is 7.11. The van der Waals surface area contributed by atoms with Crippen molar-refractivity contribution in [2.75, 3.05) is 19.0 Å². The van der Waals surface area contributed by atoms with Gasteiger partial charge in [-0.1, -0.05) is 23.7 Å². The zero-order valence-corrected chi connectivity index (χ0v) is 14.4. The molecule has 2 aromatic rings. The van der Waals surface area contributed by atoms with E-state index in [4.69, 9.17) is 11.6 Å². The monoisotopic (exact) mass is 366 g/mol. The van der Waals surface area contributed by atoms with Gasteiger partial charge < -0.3 is 15.4 Å². The number of nitrogens with one attached hydrogen (secondary N) is 2. The van der Waals surface area contributed by atoms with Crippen LogP contribution in [0.5, 0.6) is 0 Å². The van der Waals surface area contributed by atoms with E-state index in [1.54, 1.807) is 35.7 Å². The molecule has 6 nitrogen and oxygen atoms in total. The third kappa shape index (κ3) is 4.56. The number of ether oxygens (including phenoxy) is 1. The molecule has 0 saturated carbocycles. The van der Waals surface area contributed by atoms with Crippen LogP contribution in [0.15, 0.2) is 35.7 Å². The number of amides is 2. The fourth-order valence-corrected chi connectivity index (χ4v) is 2.89. The van der Waals surface area contributed by atoms with Gasteiger partial charge in [-0.3, -0.25) is 9.59 Å². The van der Waals surface area contributed by atoms with Gasteiger partial charge in [0.1, 0.15) is 4.88 Å². The zero-order valence-electron chi connectivity index (χ0n) is 12.8. The van der Waals surface area contributed by atoms with Crippen LogP contribution in [0.3, 0.4) is 0 Å². The van der Waals surface area contributed by atoms with Gasteiger partial charge in [-0.15, -0.1) is 11.3 Å². The normalized spacial score (nSPS) is 10.1. The maximum absolute atomic E-state index is 12.0. The predicted octanol–water partition coefficient (Wildman–Crippen LogP) is 2.95. The Morgan fingerprint density at radius 2 is 1.96 bits per heavy atom. The average Bonchev–Trinajstić information content (AvgIpc) is 3.02. The van der Waals surface area contributed by atoms with Crippen LogP contribution >= 0.6 is 22.9 Å². The van der Waals surface area contributed by atoms with Gasteiger partial charge in [-0.05, 0) is 23.6 Å². The van der Waals surface area contributed by atoms with Gasteiger partial charge in [0, 0.05) is 13.0 Å². The van der Waals surface area contributed by atoms with Gasteiger partial charge >= 0.3 is 5.97 Å². The lowest BCUT2D eigenvalue weighted by Crippen LogP contribution is -2.28. The number of anilines is 1. The Labute approximate surface area is 147 Å². The SMILES string of the molecule is COC(=O)c1sccc1NC(=O)CCNC(=O)c1ccccc1Cl. The third-order valence-electron chi connectivity index (χ3n) is 3.07. The molecule has 1 aromatic heterocycles. The number of esters is 1. The molecule has 126 valence electrons. The second-order valence-corrected chi connectivity index (χ2v) is 6.01. The van der Waals surface area contributed by atoms with E-state index in [1.165, 1.54) is 18.4 Å². The van der Waals surface area contributed by atoms with Crippen molar-refractivity contribution < 1.29 is 19.1 Å². The van der Waals surface area contributed by atoms with Crippen LogP contribution in [0.2, 0.25) is 5.02 Å². The number of rotatable bonds is 6. The maximum atomic E-state index is 12.0. The van der Waals surface area contributed by atoms with Gasteiger partial charge in [0.05, 0.1) is 23.4 Å². The lowest BCUT2D eigenvalue weighted by atomic mass is 10.2. The fraction of sp³-hybridized carbons (Fsp3) is 0.188. The highest BCUT2D eigenvalue weighted by Gasteiger charge is 2.16. The topological polar surface area (TPSA) is 84.5 Å². The quantitative estimate of drug-likeness (QED) is 0.770. The highest BCUT2D eigenvalue weighted by molar-refractivity contribution is 7.12. The number of hydrogen-bond acceptors (Lipinski definition) is 5. The molecule has 0 aliphatic rings. The first kappa shape index (κ1) is 18.0. The summed E-state index contributed by atoms with van der Waals surface area (Å²) in [6.07, 6.45) is 0.0622. The molecule has 0 spiro atoms. The number of thiophene rings is 1. The Morgan fingerprint density at radius 1 is 1.21 bits per heavy atom. The van der Waals surface area contributed by atoms with Crippen molar-refractivity contribution in [3.8, 4) is 0 Å². The van der Waals surface area contributed by atoms with E-state index in [1.807, 2.05) is 0 Å². The molecule has 1 aromatic carbocycles. The Kier molecular flexibility index (Phi) is 6.34. The van der Waals surface area contributed by atoms with E-state index < -0.39 is 5.97 Å². The summed E-state index contributed by atoms with van der Waals surface area (Å²) in [5.74, 6) is -1.18. The predicted molar refractivity (Wildman–Crippen MR) is 92.7 cm³/mol. The molecule has 0 fully saturated rings. The van der Waals surface area contributed by atoms with Crippen LogP contribution in [0, 0.1) is 0 Å². The van der Waals surface area contributed by atoms with E-state index in [9.17, 15) is 14.4 Å². The number of benzene rings is 1. The summed E-state index contributed by atoms with van der Waals surface area (Å²) in [4.78, 5) is 35.7. The maximum Gasteiger partial charge on any atom is 0.350 e. The van der Waals surface area contributed by atoms with Crippen LogP contribution in [0.4, 0.5) is 5.69 Å². The lowest BCUT2D eigenvalue weighted by molar-refractivity contribution is -0.116. The lowest BCUT2D eigenvalue weighted by Gasteiger charge is -2.08. The van der Waals surface area contributed by atoms with E-state index >= 15 is 0 Å². The molecule has 0 aliphatic heterocycles. The number of carbonyl (C=O) groups is 3. The fourth-order valence-electron chi connectivity index (χ4n) is 1.90. The summed E-state index contributed by atoms with van der Waals surface area (Å²) < 4.78 is 4.64. The number of methoxy groups -OCH3 is 1. The minimum atomic E-state index is -0.507. The Bertz CT molecular complexity index is 760. The summed E-state index contributed by atoms with van der Waals surface area (Å²) in [7, 11) is 1.28. The van der Waals surface area contributed by atoms with Gasteiger partial charge in [-0.25, -0.2) is 4.79 Å². The molecule has 0 saturated heterocycles. The van der Waals surface area contributed by atoms with E-state index in [-0.39, 0.29) is 24.8 Å². The molecule has 2 rings (SSSR count). The second-order valence-electron chi connectivity index (χ2n) is 4.69. The molecule has 1 heterocycles. The molecule has 0 radical (unpaired) electrons. The van der Waals surface area contributed by atoms with Crippen molar-refractivity contribution in [1.29, 1.82) is 0 Å². The summed E-state index contributed by atoms with van der Waals surface area (Å²) in [6.45, 7) is 0.146. The van der Waals surface area contributed by atoms with Crippen molar-refractivity contribution in [2.45, 2.75) is 6.42 Å². The largest absolute Gasteiger partial charge is 0.465 e. The summed E-state index contributed by atoms with van der Waals surface area (Å²) in [6, 6.07) is 8.28. The van der Waals surface area contributed by atoms with E-state index in [0.717, 1.165) is 0 Å². The van der Waals surface area contributed by atoms with Crippen LogP contribution in [0.25, 0.3) is 0 Å². The smallest absolute Gasteiger partial charge is 0.350 e. The molecular weight excluding hydrogens is 352 g/mol. The first-order valence-corrected chi connectivity index (χ1v) is 8.27. The van der Waals surface area contributed by atoms with Crippen LogP contribution in [-0.2, 0) is 9.53 Å². The van der Waals surface area contributed by atoms with Crippen LogP contribution in [-0.4, -0.2) is 31.4 Å². The highest BCUT2D eigenvalue weighted by atomic mass is 35.5. The zero-order chi connectivity index (χ0) is 17.5. The molecule has 2 amide bonds. The minimum Gasteiger partial charge on any atom is -0.465 e. The van der Waals surface area contributed by atoms with Gasteiger partial charge in [-0.2, -0.15) is 0 Å². The molecule has 0 unspecified atom stereocenters. The van der Waals surface area contributed by atoms with Crippen molar-refractivity contribution in [1.82, 2.24) is 5.32 Å². The highest BCUT2D eigenvalue weighted by Crippen LogP contribution is 2.23. The van der Waals surface area contributed by atoms with Gasteiger partial charge in [0.15, 0.2) is 0 Å². The molecular formula is C16H15ClN2O4S. The first-order valence-electron chi connectivity index (χ1n) is 7.01. The minimum absolute atomic E-state index is 0.0622. The summed E-state index contributed by atoms with van der Waals surface area (Å²) in [5.41, 5.74) is 0.750. The molecule has 0 atom stereocenters. The molecule has 8 heteroatoms. The summed E-state index contributed by atoms with van der Waals surface area (Å²) in [5, 5.41) is 7.28. The standard InChI is InChI=1S/C16H15ClN2O4S/c1-23-16(22)14-12(7-9-24-14)19-13(20)6-8-18-15(21)10-4-2-3-5-11(10)17/h2-5,7,9H,6,8H2,1H3,(H,18,21)(H,19,20). The number of halogens is 1. The van der Waals surface area contributed by atoms with Crippen LogP contribution in [0.1, 0.15) is 26.5 Å². The van der Waals surface area contributed by atoms with Crippen molar-refractivity contribution in [2.24, 2.45) is 0 Å². The van der Waals surface area contributed by atoms with E-state index in [2.05, 4.69) is 15.4 Å². The third-order valence-corrected chi connectivity index (χ3v) is 4.29. The molecule has 24 heavy (non-hydrogen) atoms. The van der Waals surface area contributed by atoms with Crippen molar-refractivity contribution in [3.63, 3.8) is 0 Å². The Morgan fingerprint density at radius 3 is 2.67 bits per heavy atom. The van der Waals surface area contributed by atoms with Crippen molar-refractivity contribution >= 4 is 46.4 Å². The average molecular weight is 367 g/mol. The van der Waals surface area contributed by atoms with Gasteiger partial charge in [0.2, 0.25) is 5.91 Å². The first-order chi connectivity index (χ1) is 11.5. The van der Waals surface area contributed by atoms with Gasteiger partial charge in [0.25, 0.3) is 5.91 Å². The van der Waals surface area contributed by atoms with Crippen molar-refractivity contribution in [3.05, 3.63) is 51.2 Å². The Balaban J connectivity index is 1.84. The molecule has 2 N–H and O–H groups in total. The number of hydrogen-bond donors (Lipinski definition) is 2. The Hall–Kier alpha value is -2.38. The van der Waals surface area contributed by atoms with Crippen LogP contribution < -0.4 is 10.6 Å². The molecule has 0 bridgehead atoms. The number of carbonyl (C=O) groups excluding carboxylic acids is 3. The molecule has 0 aliphatic carbocycles. The second kappa shape index (κ2) is 8.47. The van der Waals surface area contributed by atoms with E-state index in [0.29, 0.717) is 21.2 Å².